The van der Waals surface area contributed by atoms with Crippen LogP contribution in [0.25, 0.3) is 6.08 Å². The van der Waals surface area contributed by atoms with Gasteiger partial charge in [0.2, 0.25) is 0 Å². The number of phenolic OH excluding ortho intramolecular Hbond substituents is 1. The van der Waals surface area contributed by atoms with E-state index in [4.69, 9.17) is 4.74 Å². The molecule has 1 N–H and O–H groups in total. The molecule has 0 saturated carbocycles. The van der Waals surface area contributed by atoms with Crippen molar-refractivity contribution in [3.8, 4) is 11.5 Å². The summed E-state index contributed by atoms with van der Waals surface area (Å²) in [5.41, 5.74) is 1.87. The first-order valence-electron chi connectivity index (χ1n) is 9.07. The lowest BCUT2D eigenvalue weighted by Gasteiger charge is -2.33. The van der Waals surface area contributed by atoms with Gasteiger partial charge in [0.15, 0.2) is 0 Å². The van der Waals surface area contributed by atoms with Gasteiger partial charge in [-0.2, -0.15) is 0 Å². The monoisotopic (exact) mass is 393 g/mol. The molecule has 1 aliphatic rings. The maximum absolute atomic E-state index is 12.1. The van der Waals surface area contributed by atoms with Gasteiger partial charge in [-0.3, -0.25) is 0 Å². The number of nitrogens with zero attached hydrogens (tertiary/aromatic N) is 1. The maximum Gasteiger partial charge on any atom is 0.573 e. The van der Waals surface area contributed by atoms with Crippen molar-refractivity contribution in [1.82, 2.24) is 0 Å². The van der Waals surface area contributed by atoms with Gasteiger partial charge in [-0.25, -0.2) is 0 Å². The van der Waals surface area contributed by atoms with Crippen LogP contribution in [-0.4, -0.2) is 37.3 Å². The van der Waals surface area contributed by atoms with Crippen LogP contribution in [0.5, 0.6) is 11.5 Å². The van der Waals surface area contributed by atoms with Crippen LogP contribution in [0.4, 0.5) is 18.9 Å². The average Bonchev–Trinajstić information content (AvgIpc) is 2.66. The molecule has 150 valence electrons. The number of aromatic hydroxyl groups is 1. The number of piperidine rings is 1. The molecule has 0 amide bonds. The lowest BCUT2D eigenvalue weighted by Crippen LogP contribution is -2.37. The third-order valence-corrected chi connectivity index (χ3v) is 4.51. The van der Waals surface area contributed by atoms with Crippen LogP contribution < -0.4 is 9.64 Å². The fourth-order valence-corrected chi connectivity index (χ4v) is 3.10. The number of benzene rings is 2. The number of hydrogen-bond acceptors (Lipinski definition) is 4. The Balaban J connectivity index is 1.39. The molecule has 0 bridgehead atoms. The number of phenols is 1. The third-order valence-electron chi connectivity index (χ3n) is 4.51. The summed E-state index contributed by atoms with van der Waals surface area (Å²) in [5.74, 6) is 0.0255. The predicted octanol–water partition coefficient (Wildman–Crippen LogP) is 4.99. The Morgan fingerprint density at radius 2 is 1.64 bits per heavy atom. The van der Waals surface area contributed by atoms with Crippen molar-refractivity contribution in [3.63, 3.8) is 0 Å². The zero-order valence-electron chi connectivity index (χ0n) is 15.2. The van der Waals surface area contributed by atoms with Crippen LogP contribution in [0.2, 0.25) is 0 Å². The number of ether oxygens (including phenoxy) is 2. The number of hydrogen-bond donors (Lipinski definition) is 1. The van der Waals surface area contributed by atoms with Crippen molar-refractivity contribution in [2.45, 2.75) is 25.3 Å². The zero-order valence-corrected chi connectivity index (χ0v) is 15.2. The van der Waals surface area contributed by atoms with Gasteiger partial charge in [0.25, 0.3) is 0 Å². The summed E-state index contributed by atoms with van der Waals surface area (Å²) >= 11 is 0. The van der Waals surface area contributed by atoms with Crippen molar-refractivity contribution >= 4 is 11.8 Å². The number of anilines is 1. The van der Waals surface area contributed by atoms with Crippen molar-refractivity contribution in [2.24, 2.45) is 0 Å². The smallest absolute Gasteiger partial charge is 0.508 e. The van der Waals surface area contributed by atoms with E-state index in [2.05, 4.69) is 9.64 Å². The molecule has 1 heterocycles. The van der Waals surface area contributed by atoms with Crippen molar-refractivity contribution in [2.75, 3.05) is 24.6 Å². The van der Waals surface area contributed by atoms with E-state index in [0.717, 1.165) is 37.2 Å². The molecule has 3 rings (SSSR count). The highest BCUT2D eigenvalue weighted by Gasteiger charge is 2.30. The van der Waals surface area contributed by atoms with E-state index in [1.807, 2.05) is 24.3 Å². The second-order valence-electron chi connectivity index (χ2n) is 6.56. The summed E-state index contributed by atoms with van der Waals surface area (Å²) in [6.45, 7) is 2.23. The lowest BCUT2D eigenvalue weighted by atomic mass is 10.1. The van der Waals surface area contributed by atoms with Gasteiger partial charge >= 0.3 is 6.36 Å². The lowest BCUT2D eigenvalue weighted by molar-refractivity contribution is -0.274. The van der Waals surface area contributed by atoms with Gasteiger partial charge < -0.3 is 19.5 Å². The van der Waals surface area contributed by atoms with Crippen molar-refractivity contribution < 1.29 is 27.8 Å². The molecule has 4 nitrogen and oxygen atoms in total. The summed E-state index contributed by atoms with van der Waals surface area (Å²) < 4.78 is 46.1. The van der Waals surface area contributed by atoms with Crippen molar-refractivity contribution in [3.05, 3.63) is 60.2 Å². The molecule has 0 spiro atoms. The average molecular weight is 393 g/mol. The van der Waals surface area contributed by atoms with E-state index >= 15 is 0 Å². The normalized spacial score (nSPS) is 15.9. The SMILES string of the molecule is Oc1ccc(N2CCC(OCC=Cc3ccc(OC(F)(F)F)cc3)CC2)cc1. The van der Waals surface area contributed by atoms with Gasteiger partial charge in [-0.05, 0) is 54.8 Å². The quantitative estimate of drug-likeness (QED) is 0.751. The molecule has 2 aromatic carbocycles. The van der Waals surface area contributed by atoms with Gasteiger partial charge in [-0.15, -0.1) is 13.2 Å². The predicted molar refractivity (Wildman–Crippen MR) is 101 cm³/mol. The molecule has 28 heavy (non-hydrogen) atoms. The Labute approximate surface area is 161 Å². The Hall–Kier alpha value is -2.67. The van der Waals surface area contributed by atoms with E-state index in [9.17, 15) is 18.3 Å². The van der Waals surface area contributed by atoms with Gasteiger partial charge in [-0.1, -0.05) is 24.3 Å². The first-order valence-corrected chi connectivity index (χ1v) is 9.07. The van der Waals surface area contributed by atoms with Crippen LogP contribution in [0.15, 0.2) is 54.6 Å². The maximum atomic E-state index is 12.1. The van der Waals surface area contributed by atoms with E-state index in [1.165, 1.54) is 12.1 Å². The largest absolute Gasteiger partial charge is 0.573 e. The first-order chi connectivity index (χ1) is 13.4. The van der Waals surface area contributed by atoms with E-state index in [-0.39, 0.29) is 17.6 Å². The molecule has 0 atom stereocenters. The minimum absolute atomic E-state index is 0.181. The van der Waals surface area contributed by atoms with E-state index < -0.39 is 6.36 Å². The molecular weight excluding hydrogens is 371 g/mol. The van der Waals surface area contributed by atoms with Crippen LogP contribution in [0.1, 0.15) is 18.4 Å². The molecule has 7 heteroatoms. The highest BCUT2D eigenvalue weighted by Crippen LogP contribution is 2.24. The highest BCUT2D eigenvalue weighted by molar-refractivity contribution is 5.51. The molecule has 1 saturated heterocycles. The van der Waals surface area contributed by atoms with Crippen molar-refractivity contribution in [1.29, 1.82) is 0 Å². The minimum Gasteiger partial charge on any atom is -0.508 e. The summed E-state index contributed by atoms with van der Waals surface area (Å²) in [6, 6.07) is 12.9. The minimum atomic E-state index is -4.68. The molecule has 0 unspecified atom stereocenters. The topological polar surface area (TPSA) is 41.9 Å². The van der Waals surface area contributed by atoms with Crippen LogP contribution in [0.3, 0.4) is 0 Å². The molecule has 1 fully saturated rings. The van der Waals surface area contributed by atoms with Crippen LogP contribution in [0, 0.1) is 0 Å². The fraction of sp³-hybridized carbons (Fsp3) is 0.333. The van der Waals surface area contributed by atoms with Gasteiger partial charge in [0.1, 0.15) is 11.5 Å². The molecule has 0 aromatic heterocycles. The molecular formula is C21H22F3NO3. The molecule has 0 aliphatic carbocycles. The third kappa shape index (κ3) is 6.20. The van der Waals surface area contributed by atoms with E-state index in [0.29, 0.717) is 6.61 Å². The standard InChI is InChI=1S/C21H22F3NO3/c22-21(23,24)28-20-9-3-16(4-10-20)2-1-15-27-19-11-13-25(14-12-19)17-5-7-18(26)8-6-17/h1-10,19,26H,11-15H2. The van der Waals surface area contributed by atoms with E-state index in [1.54, 1.807) is 24.3 Å². The number of alkyl halides is 3. The number of rotatable bonds is 6. The zero-order chi connectivity index (χ0) is 20.0. The summed E-state index contributed by atoms with van der Waals surface area (Å²) in [5, 5.41) is 9.36. The Kier molecular flexibility index (Phi) is 6.46. The first kappa shape index (κ1) is 20.1. The second kappa shape index (κ2) is 9.01. The second-order valence-corrected chi connectivity index (χ2v) is 6.56. The van der Waals surface area contributed by atoms with Crippen LogP contribution in [-0.2, 0) is 4.74 Å². The van der Waals surface area contributed by atoms with Gasteiger partial charge in [0.05, 0.1) is 12.7 Å². The highest BCUT2D eigenvalue weighted by atomic mass is 19.4. The van der Waals surface area contributed by atoms with Crippen LogP contribution >= 0.6 is 0 Å². The number of halogens is 3. The summed E-state index contributed by atoms with van der Waals surface area (Å²) in [6.07, 6.45) is 0.995. The molecule has 1 aliphatic heterocycles. The Morgan fingerprint density at radius 3 is 2.25 bits per heavy atom. The summed E-state index contributed by atoms with van der Waals surface area (Å²) in [4.78, 5) is 2.26. The van der Waals surface area contributed by atoms with Gasteiger partial charge in [0, 0.05) is 18.8 Å². The molecule has 2 aromatic rings. The fourth-order valence-electron chi connectivity index (χ4n) is 3.10. The summed E-state index contributed by atoms with van der Waals surface area (Å²) in [7, 11) is 0. The molecule has 0 radical (unpaired) electrons. The Bertz CT molecular complexity index is 765. The Morgan fingerprint density at radius 1 is 1.00 bits per heavy atom.